The molecule has 4 rings (SSSR count). The number of hydrogen-bond acceptors (Lipinski definition) is 5. The molecule has 8 heteroatoms. The Morgan fingerprint density at radius 3 is 2.66 bits per heavy atom. The van der Waals surface area contributed by atoms with E-state index in [9.17, 15) is 18.8 Å². The van der Waals surface area contributed by atoms with Gasteiger partial charge in [0, 0.05) is 5.56 Å². The van der Waals surface area contributed by atoms with Crippen LogP contribution in [0.25, 0.3) is 0 Å². The van der Waals surface area contributed by atoms with Crippen molar-refractivity contribution in [1.29, 1.82) is 0 Å². The predicted octanol–water partition coefficient (Wildman–Crippen LogP) is 4.00. The van der Waals surface area contributed by atoms with Crippen LogP contribution in [0.2, 0.25) is 0 Å². The number of halogens is 1. The summed E-state index contributed by atoms with van der Waals surface area (Å²) >= 11 is 0. The van der Waals surface area contributed by atoms with Gasteiger partial charge in [0.25, 0.3) is 5.91 Å². The third-order valence-electron chi connectivity index (χ3n) is 5.65. The topological polar surface area (TPSA) is 84.9 Å². The maximum absolute atomic E-state index is 13.9. The van der Waals surface area contributed by atoms with E-state index in [0.29, 0.717) is 11.4 Å². The monoisotopic (exact) mass is 476 g/mol. The van der Waals surface area contributed by atoms with Gasteiger partial charge in [-0.2, -0.15) is 0 Å². The summed E-state index contributed by atoms with van der Waals surface area (Å²) in [6.07, 6.45) is 0. The first kappa shape index (κ1) is 23.9. The van der Waals surface area contributed by atoms with Gasteiger partial charge in [-0.15, -0.1) is 0 Å². The summed E-state index contributed by atoms with van der Waals surface area (Å²) in [5.74, 6) is -1.35. The molecule has 1 atom stereocenters. The van der Waals surface area contributed by atoms with Crippen LogP contribution in [0.4, 0.5) is 10.1 Å². The Kier molecular flexibility index (Phi) is 7.10. The fraction of sp³-hybridized carbons (Fsp3) is 0.222. The summed E-state index contributed by atoms with van der Waals surface area (Å²) < 4.78 is 24.8. The number of amides is 2. The van der Waals surface area contributed by atoms with Gasteiger partial charge in [-0.3, -0.25) is 19.3 Å². The van der Waals surface area contributed by atoms with Gasteiger partial charge >= 0.3 is 0 Å². The van der Waals surface area contributed by atoms with Gasteiger partial charge in [-0.05, 0) is 55.3 Å². The lowest BCUT2D eigenvalue weighted by Gasteiger charge is -2.29. The summed E-state index contributed by atoms with van der Waals surface area (Å²) in [5.41, 5.74) is 2.30. The number of hydrogen-bond donors (Lipinski definition) is 1. The van der Waals surface area contributed by atoms with Crippen molar-refractivity contribution >= 4 is 23.3 Å². The summed E-state index contributed by atoms with van der Waals surface area (Å²) in [7, 11) is 0. The molecule has 0 aliphatic carbocycles. The van der Waals surface area contributed by atoms with Gasteiger partial charge in [0.2, 0.25) is 5.91 Å². The van der Waals surface area contributed by atoms with Crippen LogP contribution in [-0.4, -0.2) is 37.4 Å². The van der Waals surface area contributed by atoms with E-state index in [-0.39, 0.29) is 43.0 Å². The SMILES string of the molecule is Cc1ccc(F)c(OCC(=O)c2ccc3c(c2)N(CC(=O)N[C@@H](C)c2ccccc2)C(=O)CO3)c1. The predicted molar refractivity (Wildman–Crippen MR) is 128 cm³/mol. The van der Waals surface area contributed by atoms with E-state index in [1.807, 2.05) is 37.3 Å². The summed E-state index contributed by atoms with van der Waals surface area (Å²) in [6, 6.07) is 18.2. The average molecular weight is 477 g/mol. The van der Waals surface area contributed by atoms with Crippen molar-refractivity contribution in [2.45, 2.75) is 19.9 Å². The Balaban J connectivity index is 1.47. The molecule has 0 aromatic heterocycles. The number of fused-ring (bicyclic) bond motifs is 1. The first-order valence-corrected chi connectivity index (χ1v) is 11.2. The van der Waals surface area contributed by atoms with Crippen molar-refractivity contribution in [3.8, 4) is 11.5 Å². The lowest BCUT2D eigenvalue weighted by Crippen LogP contribution is -2.45. The van der Waals surface area contributed by atoms with Crippen molar-refractivity contribution in [2.75, 3.05) is 24.7 Å². The highest BCUT2D eigenvalue weighted by Crippen LogP contribution is 2.33. The highest BCUT2D eigenvalue weighted by atomic mass is 19.1. The zero-order valence-corrected chi connectivity index (χ0v) is 19.4. The van der Waals surface area contributed by atoms with Gasteiger partial charge in [0.15, 0.2) is 30.6 Å². The molecule has 0 spiro atoms. The molecule has 3 aromatic carbocycles. The number of nitrogens with zero attached hydrogens (tertiary/aromatic N) is 1. The number of rotatable bonds is 8. The number of aryl methyl sites for hydroxylation is 1. The minimum atomic E-state index is -0.560. The second kappa shape index (κ2) is 10.4. The normalized spacial score (nSPS) is 13.5. The summed E-state index contributed by atoms with van der Waals surface area (Å²) in [4.78, 5) is 39.3. The summed E-state index contributed by atoms with van der Waals surface area (Å²) in [6.45, 7) is 2.83. The fourth-order valence-corrected chi connectivity index (χ4v) is 3.75. The van der Waals surface area contributed by atoms with Crippen molar-refractivity contribution in [2.24, 2.45) is 0 Å². The van der Waals surface area contributed by atoms with E-state index in [4.69, 9.17) is 9.47 Å². The van der Waals surface area contributed by atoms with Crippen LogP contribution in [-0.2, 0) is 9.59 Å². The molecule has 2 amide bonds. The molecule has 1 heterocycles. The van der Waals surface area contributed by atoms with E-state index >= 15 is 0 Å². The smallest absolute Gasteiger partial charge is 0.265 e. The first-order chi connectivity index (χ1) is 16.8. The number of ether oxygens (including phenoxy) is 2. The summed E-state index contributed by atoms with van der Waals surface area (Å²) in [5, 5.41) is 2.88. The maximum atomic E-state index is 13.9. The Bertz CT molecular complexity index is 1260. The molecule has 7 nitrogen and oxygen atoms in total. The molecule has 1 N–H and O–H groups in total. The average Bonchev–Trinajstić information content (AvgIpc) is 2.86. The third-order valence-corrected chi connectivity index (χ3v) is 5.65. The Hall–Kier alpha value is -4.20. The minimum absolute atomic E-state index is 0.0133. The number of ketones is 1. The van der Waals surface area contributed by atoms with Crippen LogP contribution in [0.3, 0.4) is 0 Å². The van der Waals surface area contributed by atoms with Gasteiger partial charge in [0.05, 0.1) is 11.7 Å². The molecule has 0 bridgehead atoms. The van der Waals surface area contributed by atoms with Crippen LogP contribution in [0.1, 0.15) is 34.5 Å². The van der Waals surface area contributed by atoms with Gasteiger partial charge in [-0.25, -0.2) is 4.39 Å². The number of anilines is 1. The maximum Gasteiger partial charge on any atom is 0.265 e. The molecular weight excluding hydrogens is 451 g/mol. The number of Topliss-reactive ketones (excluding diaryl/α,β-unsaturated/α-hetero) is 1. The molecular formula is C27H25FN2O5. The molecule has 180 valence electrons. The lowest BCUT2D eigenvalue weighted by atomic mass is 10.1. The zero-order valence-electron chi connectivity index (χ0n) is 19.4. The minimum Gasteiger partial charge on any atom is -0.482 e. The lowest BCUT2D eigenvalue weighted by molar-refractivity contribution is -0.125. The molecule has 0 radical (unpaired) electrons. The van der Waals surface area contributed by atoms with Crippen molar-refractivity contribution in [1.82, 2.24) is 5.32 Å². The van der Waals surface area contributed by atoms with Crippen LogP contribution in [0.15, 0.2) is 66.7 Å². The Morgan fingerprint density at radius 2 is 1.89 bits per heavy atom. The van der Waals surface area contributed by atoms with Crippen molar-refractivity contribution in [3.63, 3.8) is 0 Å². The Labute approximate surface area is 202 Å². The number of carbonyl (C=O) groups is 3. The largest absolute Gasteiger partial charge is 0.482 e. The molecule has 1 aliphatic rings. The fourth-order valence-electron chi connectivity index (χ4n) is 3.75. The van der Waals surface area contributed by atoms with E-state index < -0.39 is 17.5 Å². The van der Waals surface area contributed by atoms with E-state index in [1.165, 1.54) is 23.1 Å². The zero-order chi connectivity index (χ0) is 24.9. The number of carbonyl (C=O) groups excluding carboxylic acids is 3. The van der Waals surface area contributed by atoms with Gasteiger partial charge < -0.3 is 14.8 Å². The number of benzene rings is 3. The highest BCUT2D eigenvalue weighted by Gasteiger charge is 2.29. The van der Waals surface area contributed by atoms with Crippen molar-refractivity contribution in [3.05, 3.63) is 89.2 Å². The van der Waals surface area contributed by atoms with Gasteiger partial charge in [0.1, 0.15) is 12.3 Å². The third kappa shape index (κ3) is 5.66. The number of nitrogens with one attached hydrogen (secondary N) is 1. The van der Waals surface area contributed by atoms with Crippen LogP contribution >= 0.6 is 0 Å². The molecule has 0 fully saturated rings. The molecule has 1 aliphatic heterocycles. The second-order valence-electron chi connectivity index (χ2n) is 8.30. The first-order valence-electron chi connectivity index (χ1n) is 11.2. The molecule has 3 aromatic rings. The van der Waals surface area contributed by atoms with Crippen LogP contribution in [0.5, 0.6) is 11.5 Å². The second-order valence-corrected chi connectivity index (χ2v) is 8.30. The standard InChI is InChI=1S/C27H25FN2O5/c1-17-8-10-21(28)25(12-17)34-15-23(31)20-9-11-24-22(13-20)30(27(33)16-35-24)14-26(32)29-18(2)19-6-4-3-5-7-19/h3-13,18H,14-16H2,1-2H3,(H,29,32)/t18-/m0/s1. The van der Waals surface area contributed by atoms with Crippen LogP contribution < -0.4 is 19.7 Å². The van der Waals surface area contributed by atoms with E-state index in [1.54, 1.807) is 25.1 Å². The quantitative estimate of drug-likeness (QED) is 0.497. The molecule has 0 saturated carbocycles. The molecule has 35 heavy (non-hydrogen) atoms. The van der Waals surface area contributed by atoms with E-state index in [2.05, 4.69) is 5.32 Å². The molecule has 0 unspecified atom stereocenters. The molecule has 0 saturated heterocycles. The Morgan fingerprint density at radius 1 is 1.11 bits per heavy atom. The van der Waals surface area contributed by atoms with Gasteiger partial charge in [-0.1, -0.05) is 36.4 Å². The van der Waals surface area contributed by atoms with Crippen LogP contribution in [0, 0.1) is 12.7 Å². The van der Waals surface area contributed by atoms with Crippen molar-refractivity contribution < 1.29 is 28.2 Å². The van der Waals surface area contributed by atoms with E-state index in [0.717, 1.165) is 11.1 Å². The highest BCUT2D eigenvalue weighted by molar-refractivity contribution is 6.04.